The van der Waals surface area contributed by atoms with Gasteiger partial charge in [-0.15, -0.1) is 0 Å². The number of aromatic nitrogens is 2. The van der Waals surface area contributed by atoms with Crippen molar-refractivity contribution in [2.75, 3.05) is 26.3 Å². The SMILES string of the molecule is CCNC(=NCc1ccc(-n2ccnc2C)c(F)c1)NCCCOCC(C)C. The molecule has 28 heavy (non-hydrogen) atoms. The van der Waals surface area contributed by atoms with E-state index in [-0.39, 0.29) is 5.82 Å². The van der Waals surface area contributed by atoms with E-state index in [9.17, 15) is 4.39 Å². The summed E-state index contributed by atoms with van der Waals surface area (Å²) in [5.74, 6) is 1.74. The van der Waals surface area contributed by atoms with Crippen molar-refractivity contribution < 1.29 is 9.13 Å². The zero-order valence-corrected chi connectivity index (χ0v) is 17.3. The fourth-order valence-corrected chi connectivity index (χ4v) is 2.69. The summed E-state index contributed by atoms with van der Waals surface area (Å²) in [6.45, 7) is 11.6. The lowest BCUT2D eigenvalue weighted by atomic mass is 10.2. The van der Waals surface area contributed by atoms with Gasteiger partial charge in [-0.1, -0.05) is 19.9 Å². The van der Waals surface area contributed by atoms with Crippen LogP contribution < -0.4 is 10.6 Å². The van der Waals surface area contributed by atoms with Crippen molar-refractivity contribution in [1.29, 1.82) is 0 Å². The number of hydrogen-bond acceptors (Lipinski definition) is 3. The van der Waals surface area contributed by atoms with E-state index >= 15 is 0 Å². The van der Waals surface area contributed by atoms with E-state index < -0.39 is 0 Å². The van der Waals surface area contributed by atoms with Gasteiger partial charge >= 0.3 is 0 Å². The summed E-state index contributed by atoms with van der Waals surface area (Å²) >= 11 is 0. The number of nitrogens with one attached hydrogen (secondary N) is 2. The molecule has 0 radical (unpaired) electrons. The lowest BCUT2D eigenvalue weighted by Crippen LogP contribution is -2.38. The van der Waals surface area contributed by atoms with Gasteiger partial charge in [0.25, 0.3) is 0 Å². The van der Waals surface area contributed by atoms with Crippen molar-refractivity contribution in [2.24, 2.45) is 10.9 Å². The van der Waals surface area contributed by atoms with Crippen molar-refractivity contribution in [1.82, 2.24) is 20.2 Å². The lowest BCUT2D eigenvalue weighted by molar-refractivity contribution is 0.108. The molecule has 0 bridgehead atoms. The molecular formula is C21H32FN5O. The van der Waals surface area contributed by atoms with Gasteiger partial charge in [0.05, 0.1) is 12.2 Å². The number of ether oxygens (including phenoxy) is 1. The number of imidazole rings is 1. The van der Waals surface area contributed by atoms with Gasteiger partial charge in [-0.05, 0) is 43.9 Å². The molecule has 154 valence electrons. The molecule has 1 heterocycles. The predicted octanol–water partition coefficient (Wildman–Crippen LogP) is 3.44. The molecule has 0 saturated carbocycles. The first kappa shape index (κ1) is 21.9. The van der Waals surface area contributed by atoms with Crippen LogP contribution >= 0.6 is 0 Å². The third-order valence-electron chi connectivity index (χ3n) is 4.07. The van der Waals surface area contributed by atoms with Gasteiger partial charge in [0.15, 0.2) is 5.96 Å². The van der Waals surface area contributed by atoms with Gasteiger partial charge in [0.1, 0.15) is 11.6 Å². The lowest BCUT2D eigenvalue weighted by Gasteiger charge is -2.12. The molecule has 0 aliphatic rings. The Morgan fingerprint density at radius 2 is 2.14 bits per heavy atom. The first-order valence-corrected chi connectivity index (χ1v) is 9.90. The van der Waals surface area contributed by atoms with E-state index in [4.69, 9.17) is 4.74 Å². The van der Waals surface area contributed by atoms with Gasteiger partial charge in [-0.3, -0.25) is 0 Å². The number of aliphatic imine (C=N–C) groups is 1. The molecule has 0 aliphatic heterocycles. The molecule has 0 aliphatic carbocycles. The highest BCUT2D eigenvalue weighted by Gasteiger charge is 2.08. The van der Waals surface area contributed by atoms with E-state index in [1.807, 2.05) is 19.9 Å². The Labute approximate surface area is 167 Å². The van der Waals surface area contributed by atoms with Crippen molar-refractivity contribution in [2.45, 2.75) is 40.7 Å². The van der Waals surface area contributed by atoms with Crippen LogP contribution in [0.3, 0.4) is 0 Å². The van der Waals surface area contributed by atoms with Gasteiger partial charge in [-0.25, -0.2) is 14.4 Å². The Balaban J connectivity index is 1.89. The highest BCUT2D eigenvalue weighted by Crippen LogP contribution is 2.17. The summed E-state index contributed by atoms with van der Waals surface area (Å²) in [6, 6.07) is 5.19. The van der Waals surface area contributed by atoms with Crippen LogP contribution in [0, 0.1) is 18.7 Å². The van der Waals surface area contributed by atoms with Crippen LogP contribution in [-0.4, -0.2) is 41.8 Å². The Morgan fingerprint density at radius 1 is 1.32 bits per heavy atom. The Kier molecular flexibility index (Phi) is 8.94. The third kappa shape index (κ3) is 6.96. The number of rotatable bonds is 10. The van der Waals surface area contributed by atoms with Crippen LogP contribution in [0.2, 0.25) is 0 Å². The number of nitrogens with zero attached hydrogens (tertiary/aromatic N) is 3. The van der Waals surface area contributed by atoms with Crippen LogP contribution in [-0.2, 0) is 11.3 Å². The third-order valence-corrected chi connectivity index (χ3v) is 4.07. The van der Waals surface area contributed by atoms with E-state index in [2.05, 4.69) is 34.5 Å². The quantitative estimate of drug-likeness (QED) is 0.371. The molecule has 6 nitrogen and oxygen atoms in total. The van der Waals surface area contributed by atoms with E-state index in [0.717, 1.165) is 50.1 Å². The molecule has 1 aromatic carbocycles. The maximum absolute atomic E-state index is 14.5. The van der Waals surface area contributed by atoms with Crippen LogP contribution in [0.5, 0.6) is 0 Å². The standard InChI is InChI=1S/C21H32FN5O/c1-5-23-21(25-9-6-12-28-15-16(2)3)26-14-18-7-8-20(19(22)13-18)27-11-10-24-17(27)4/h7-8,10-11,13,16H,5-6,9,12,14-15H2,1-4H3,(H2,23,25,26). The minimum atomic E-state index is -0.283. The summed E-state index contributed by atoms with van der Waals surface area (Å²) in [7, 11) is 0. The molecule has 0 amide bonds. The number of guanidine groups is 1. The van der Waals surface area contributed by atoms with Crippen LogP contribution in [0.15, 0.2) is 35.6 Å². The topological polar surface area (TPSA) is 63.5 Å². The molecule has 0 unspecified atom stereocenters. The van der Waals surface area contributed by atoms with Gasteiger partial charge in [0.2, 0.25) is 0 Å². The average molecular weight is 390 g/mol. The Morgan fingerprint density at radius 3 is 2.79 bits per heavy atom. The number of benzene rings is 1. The zero-order chi connectivity index (χ0) is 20.4. The number of hydrogen-bond donors (Lipinski definition) is 2. The average Bonchev–Trinajstić information content (AvgIpc) is 3.08. The second kappa shape index (κ2) is 11.4. The first-order valence-electron chi connectivity index (χ1n) is 9.90. The monoisotopic (exact) mass is 389 g/mol. The second-order valence-electron chi connectivity index (χ2n) is 7.07. The maximum atomic E-state index is 14.5. The zero-order valence-electron chi connectivity index (χ0n) is 17.3. The minimum absolute atomic E-state index is 0.283. The highest BCUT2D eigenvalue weighted by molar-refractivity contribution is 5.79. The summed E-state index contributed by atoms with van der Waals surface area (Å²) in [4.78, 5) is 8.69. The molecule has 0 atom stereocenters. The molecule has 0 saturated heterocycles. The van der Waals surface area contributed by atoms with Crippen LogP contribution in [0.4, 0.5) is 4.39 Å². The van der Waals surface area contributed by atoms with Crippen molar-refractivity contribution in [3.8, 4) is 5.69 Å². The molecule has 0 spiro atoms. The molecule has 1 aromatic heterocycles. The molecule has 7 heteroatoms. The van der Waals surface area contributed by atoms with Gasteiger partial charge < -0.3 is 19.9 Å². The molecule has 2 aromatic rings. The molecule has 2 N–H and O–H groups in total. The Bertz CT molecular complexity index is 757. The summed E-state index contributed by atoms with van der Waals surface area (Å²) in [5, 5.41) is 6.50. The highest BCUT2D eigenvalue weighted by atomic mass is 19.1. The van der Waals surface area contributed by atoms with E-state index in [0.29, 0.717) is 18.2 Å². The molecule has 2 rings (SSSR count). The maximum Gasteiger partial charge on any atom is 0.191 e. The predicted molar refractivity (Wildman–Crippen MR) is 111 cm³/mol. The first-order chi connectivity index (χ1) is 13.5. The summed E-state index contributed by atoms with van der Waals surface area (Å²) in [6.07, 6.45) is 4.32. The second-order valence-corrected chi connectivity index (χ2v) is 7.07. The number of halogens is 1. The molecular weight excluding hydrogens is 357 g/mol. The largest absolute Gasteiger partial charge is 0.381 e. The van der Waals surface area contributed by atoms with Gasteiger partial charge in [0, 0.05) is 38.7 Å². The summed E-state index contributed by atoms with van der Waals surface area (Å²) in [5.41, 5.74) is 1.31. The minimum Gasteiger partial charge on any atom is -0.381 e. The number of aryl methyl sites for hydroxylation is 1. The molecule has 0 fully saturated rings. The summed E-state index contributed by atoms with van der Waals surface area (Å²) < 4.78 is 21.8. The fourth-order valence-electron chi connectivity index (χ4n) is 2.69. The van der Waals surface area contributed by atoms with Crippen molar-refractivity contribution >= 4 is 5.96 Å². The normalized spacial score (nSPS) is 11.9. The van der Waals surface area contributed by atoms with Gasteiger partial charge in [-0.2, -0.15) is 0 Å². The van der Waals surface area contributed by atoms with Crippen molar-refractivity contribution in [3.63, 3.8) is 0 Å². The van der Waals surface area contributed by atoms with Crippen LogP contribution in [0.1, 0.15) is 38.6 Å². The van der Waals surface area contributed by atoms with E-state index in [1.54, 1.807) is 23.0 Å². The Hall–Kier alpha value is -2.41. The fraction of sp³-hybridized carbons (Fsp3) is 0.524. The van der Waals surface area contributed by atoms with Crippen molar-refractivity contribution in [3.05, 3.63) is 47.8 Å². The van der Waals surface area contributed by atoms with E-state index in [1.165, 1.54) is 6.07 Å². The van der Waals surface area contributed by atoms with Crippen LogP contribution in [0.25, 0.3) is 5.69 Å². The smallest absolute Gasteiger partial charge is 0.191 e.